The van der Waals surface area contributed by atoms with Gasteiger partial charge in [-0.05, 0) is 29.8 Å². The molecule has 0 atom stereocenters. The molecule has 0 spiro atoms. The number of hydrogen-bond donors (Lipinski definition) is 1. The Hall–Kier alpha value is -1.55. The van der Waals surface area contributed by atoms with E-state index in [0.29, 0.717) is 16.2 Å². The molecule has 0 heterocycles. The number of ether oxygens (including phenoxy) is 1. The Labute approximate surface area is 103 Å². The van der Waals surface area contributed by atoms with Crippen LogP contribution in [0, 0.1) is 11.6 Å². The van der Waals surface area contributed by atoms with Crippen molar-refractivity contribution >= 4 is 12.6 Å². The molecule has 2 rings (SSSR count). The third kappa shape index (κ3) is 3.20. The van der Waals surface area contributed by atoms with Crippen molar-refractivity contribution < 1.29 is 13.5 Å². The molecule has 0 bridgehead atoms. The average Bonchev–Trinajstić information content (AvgIpc) is 2.27. The van der Waals surface area contributed by atoms with E-state index >= 15 is 0 Å². The highest BCUT2D eigenvalue weighted by Crippen LogP contribution is 2.22. The molecule has 4 heteroatoms. The van der Waals surface area contributed by atoms with E-state index in [1.54, 1.807) is 18.2 Å². The van der Waals surface area contributed by atoms with Gasteiger partial charge in [-0.1, -0.05) is 12.1 Å². The summed E-state index contributed by atoms with van der Waals surface area (Å²) in [6.45, 7) is 0.103. The lowest BCUT2D eigenvalue weighted by Gasteiger charge is -2.08. The Kier molecular flexibility index (Phi) is 3.64. The molecule has 17 heavy (non-hydrogen) atoms. The maximum atomic E-state index is 12.9. The van der Waals surface area contributed by atoms with E-state index in [1.807, 2.05) is 6.07 Å². The summed E-state index contributed by atoms with van der Waals surface area (Å²) in [7, 11) is 0. The van der Waals surface area contributed by atoms with Crippen molar-refractivity contribution in [1.29, 1.82) is 0 Å². The number of para-hydroxylation sites is 1. The van der Waals surface area contributed by atoms with E-state index in [4.69, 9.17) is 4.74 Å². The summed E-state index contributed by atoms with van der Waals surface area (Å²) >= 11 is 4.21. The monoisotopic (exact) mass is 252 g/mol. The second kappa shape index (κ2) is 5.19. The minimum absolute atomic E-state index is 0.103. The normalized spacial score (nSPS) is 10.3. The third-order valence-corrected chi connectivity index (χ3v) is 2.55. The summed E-state index contributed by atoms with van der Waals surface area (Å²) in [5, 5.41) is 0. The number of hydrogen-bond acceptors (Lipinski definition) is 2. The molecule has 0 aliphatic carbocycles. The zero-order valence-electron chi connectivity index (χ0n) is 8.86. The molecule has 88 valence electrons. The zero-order valence-corrected chi connectivity index (χ0v) is 9.75. The van der Waals surface area contributed by atoms with Gasteiger partial charge in [0.2, 0.25) is 0 Å². The quantitative estimate of drug-likeness (QED) is 0.817. The summed E-state index contributed by atoms with van der Waals surface area (Å²) in [5.41, 5.74) is 0.444. The van der Waals surface area contributed by atoms with Crippen LogP contribution in [0.4, 0.5) is 8.78 Å². The van der Waals surface area contributed by atoms with Crippen LogP contribution in [-0.2, 0) is 6.61 Å². The van der Waals surface area contributed by atoms with Crippen LogP contribution < -0.4 is 4.74 Å². The molecule has 0 radical (unpaired) electrons. The first-order valence-electron chi connectivity index (χ1n) is 5.01. The minimum atomic E-state index is -0.609. The second-order valence-corrected chi connectivity index (χ2v) is 4.02. The number of rotatable bonds is 3. The number of benzene rings is 2. The Morgan fingerprint density at radius 1 is 1.00 bits per heavy atom. The highest BCUT2D eigenvalue weighted by Gasteiger charge is 2.03. The lowest BCUT2D eigenvalue weighted by molar-refractivity contribution is 0.297. The average molecular weight is 252 g/mol. The van der Waals surface area contributed by atoms with E-state index in [9.17, 15) is 8.78 Å². The van der Waals surface area contributed by atoms with Crippen molar-refractivity contribution in [3.05, 3.63) is 59.7 Å². The summed E-state index contributed by atoms with van der Waals surface area (Å²) in [6.07, 6.45) is 0. The van der Waals surface area contributed by atoms with Gasteiger partial charge in [-0.15, -0.1) is 12.6 Å². The summed E-state index contributed by atoms with van der Waals surface area (Å²) in [5.74, 6) is -0.633. The molecule has 2 aromatic carbocycles. The molecule has 0 saturated heterocycles. The molecular weight excluding hydrogens is 242 g/mol. The largest absolute Gasteiger partial charge is 0.488 e. The fourth-order valence-corrected chi connectivity index (χ4v) is 1.66. The maximum absolute atomic E-state index is 12.9. The predicted octanol–water partition coefficient (Wildman–Crippen LogP) is 3.83. The molecular formula is C13H10F2OS. The standard InChI is InChI=1S/C13H10F2OS/c14-10-5-9(6-11(15)7-10)8-16-12-3-1-2-4-13(12)17/h1-7,17H,8H2. The topological polar surface area (TPSA) is 9.23 Å². The van der Waals surface area contributed by atoms with Crippen LogP contribution in [0.25, 0.3) is 0 Å². The van der Waals surface area contributed by atoms with Crippen LogP contribution in [0.3, 0.4) is 0 Å². The van der Waals surface area contributed by atoms with Gasteiger partial charge in [0.15, 0.2) is 0 Å². The lowest BCUT2D eigenvalue weighted by atomic mass is 10.2. The van der Waals surface area contributed by atoms with Gasteiger partial charge < -0.3 is 4.74 Å². The molecule has 0 amide bonds. The van der Waals surface area contributed by atoms with E-state index in [1.165, 1.54) is 12.1 Å². The van der Waals surface area contributed by atoms with Gasteiger partial charge in [-0.2, -0.15) is 0 Å². The van der Waals surface area contributed by atoms with Crippen molar-refractivity contribution in [2.45, 2.75) is 11.5 Å². The van der Waals surface area contributed by atoms with Crippen LogP contribution in [-0.4, -0.2) is 0 Å². The van der Waals surface area contributed by atoms with E-state index in [-0.39, 0.29) is 6.61 Å². The second-order valence-electron chi connectivity index (χ2n) is 3.53. The molecule has 2 aromatic rings. The molecule has 0 aromatic heterocycles. The van der Waals surface area contributed by atoms with Crippen LogP contribution in [0.2, 0.25) is 0 Å². The maximum Gasteiger partial charge on any atom is 0.133 e. The van der Waals surface area contributed by atoms with Crippen molar-refractivity contribution in [3.8, 4) is 5.75 Å². The first kappa shape index (κ1) is 11.9. The molecule has 0 fully saturated rings. The Morgan fingerprint density at radius 3 is 2.29 bits per heavy atom. The van der Waals surface area contributed by atoms with Crippen molar-refractivity contribution in [2.75, 3.05) is 0 Å². The van der Waals surface area contributed by atoms with Gasteiger partial charge >= 0.3 is 0 Å². The van der Waals surface area contributed by atoms with Gasteiger partial charge in [0.1, 0.15) is 24.0 Å². The zero-order chi connectivity index (χ0) is 12.3. The summed E-state index contributed by atoms with van der Waals surface area (Å²) < 4.78 is 31.3. The summed E-state index contributed by atoms with van der Waals surface area (Å²) in [4.78, 5) is 0.685. The molecule has 0 unspecified atom stereocenters. The molecule has 0 aliphatic rings. The summed E-state index contributed by atoms with van der Waals surface area (Å²) in [6, 6.07) is 10.5. The molecule has 0 aliphatic heterocycles. The van der Waals surface area contributed by atoms with Crippen molar-refractivity contribution in [2.24, 2.45) is 0 Å². The van der Waals surface area contributed by atoms with Gasteiger partial charge in [0, 0.05) is 11.0 Å². The fraction of sp³-hybridized carbons (Fsp3) is 0.0769. The van der Waals surface area contributed by atoms with Crippen molar-refractivity contribution in [1.82, 2.24) is 0 Å². The van der Waals surface area contributed by atoms with Crippen molar-refractivity contribution in [3.63, 3.8) is 0 Å². The number of thiol groups is 1. The molecule has 1 nitrogen and oxygen atoms in total. The van der Waals surface area contributed by atoms with Crippen LogP contribution in [0.1, 0.15) is 5.56 Å². The SMILES string of the molecule is Fc1cc(F)cc(COc2ccccc2S)c1. The Morgan fingerprint density at radius 2 is 1.65 bits per heavy atom. The van der Waals surface area contributed by atoms with E-state index < -0.39 is 11.6 Å². The Balaban J connectivity index is 2.10. The van der Waals surface area contributed by atoms with Crippen LogP contribution in [0.5, 0.6) is 5.75 Å². The Bertz CT molecular complexity index is 508. The van der Waals surface area contributed by atoms with Gasteiger partial charge in [-0.3, -0.25) is 0 Å². The van der Waals surface area contributed by atoms with Gasteiger partial charge in [-0.25, -0.2) is 8.78 Å². The van der Waals surface area contributed by atoms with Crippen LogP contribution in [0.15, 0.2) is 47.4 Å². The number of halogens is 2. The molecule has 0 N–H and O–H groups in total. The van der Waals surface area contributed by atoms with Gasteiger partial charge in [0.25, 0.3) is 0 Å². The minimum Gasteiger partial charge on any atom is -0.488 e. The highest BCUT2D eigenvalue weighted by molar-refractivity contribution is 7.80. The van der Waals surface area contributed by atoms with E-state index in [0.717, 1.165) is 6.07 Å². The third-order valence-electron chi connectivity index (χ3n) is 2.18. The first-order valence-corrected chi connectivity index (χ1v) is 5.45. The van der Waals surface area contributed by atoms with Gasteiger partial charge in [0.05, 0.1) is 0 Å². The molecule has 0 saturated carbocycles. The predicted molar refractivity (Wildman–Crippen MR) is 64.4 cm³/mol. The first-order chi connectivity index (χ1) is 8.15. The fourth-order valence-electron chi connectivity index (χ4n) is 1.43. The highest BCUT2D eigenvalue weighted by atomic mass is 32.1. The lowest BCUT2D eigenvalue weighted by Crippen LogP contribution is -1.97. The van der Waals surface area contributed by atoms with Crippen LogP contribution >= 0.6 is 12.6 Å². The smallest absolute Gasteiger partial charge is 0.133 e. The van der Waals surface area contributed by atoms with E-state index in [2.05, 4.69) is 12.6 Å².